The summed E-state index contributed by atoms with van der Waals surface area (Å²) in [6, 6.07) is 5.06. The fourth-order valence-corrected chi connectivity index (χ4v) is 1.90. The number of carboxylic acid groups (broad SMARTS) is 1. The van der Waals surface area contributed by atoms with Crippen LogP contribution in [0.3, 0.4) is 0 Å². The van der Waals surface area contributed by atoms with Gasteiger partial charge in [-0.3, -0.25) is 4.79 Å². The van der Waals surface area contributed by atoms with Crippen molar-refractivity contribution in [1.29, 1.82) is 0 Å². The summed E-state index contributed by atoms with van der Waals surface area (Å²) in [6.07, 6.45) is 0.766. The van der Waals surface area contributed by atoms with Gasteiger partial charge in [0.15, 0.2) is 11.5 Å². The Bertz CT molecular complexity index is 386. The van der Waals surface area contributed by atoms with Gasteiger partial charge in [-0.2, -0.15) is 0 Å². The number of aliphatic carboxylic acids is 1. The van der Waals surface area contributed by atoms with Gasteiger partial charge in [0, 0.05) is 11.5 Å². The van der Waals surface area contributed by atoms with E-state index in [4.69, 9.17) is 9.84 Å². The zero-order valence-electron chi connectivity index (χ0n) is 8.14. The minimum absolute atomic E-state index is 0.0571. The Labute approximate surface area is 87.1 Å². The van der Waals surface area contributed by atoms with Crippen LogP contribution < -0.4 is 4.74 Å². The number of hydrogen-bond acceptors (Lipinski definition) is 3. The van der Waals surface area contributed by atoms with E-state index in [2.05, 4.69) is 0 Å². The maximum absolute atomic E-state index is 10.7. The smallest absolute Gasteiger partial charge is 0.303 e. The third kappa shape index (κ3) is 1.88. The minimum Gasteiger partial charge on any atom is -0.504 e. The molecule has 0 amide bonds. The number of aromatic hydroxyl groups is 1. The summed E-state index contributed by atoms with van der Waals surface area (Å²) in [5.74, 6) is -0.355. The van der Waals surface area contributed by atoms with Gasteiger partial charge in [0.05, 0.1) is 13.0 Å². The van der Waals surface area contributed by atoms with Crippen LogP contribution in [0.4, 0.5) is 0 Å². The number of fused-ring (bicyclic) bond motifs is 1. The van der Waals surface area contributed by atoms with Gasteiger partial charge in [-0.15, -0.1) is 0 Å². The number of hydrogen-bond donors (Lipinski definition) is 2. The van der Waals surface area contributed by atoms with Gasteiger partial charge in [-0.25, -0.2) is 0 Å². The normalized spacial score (nSPS) is 19.1. The lowest BCUT2D eigenvalue weighted by molar-refractivity contribution is -0.137. The SMILES string of the molecule is O=C(O)CC1CCOc2c(O)cccc21. The van der Waals surface area contributed by atoms with Gasteiger partial charge < -0.3 is 14.9 Å². The second kappa shape index (κ2) is 3.81. The van der Waals surface area contributed by atoms with Crippen LogP contribution in [0.5, 0.6) is 11.5 Å². The topological polar surface area (TPSA) is 66.8 Å². The van der Waals surface area contributed by atoms with E-state index in [9.17, 15) is 9.90 Å². The third-order valence-electron chi connectivity index (χ3n) is 2.60. The van der Waals surface area contributed by atoms with E-state index in [0.29, 0.717) is 18.8 Å². The molecule has 4 nitrogen and oxygen atoms in total. The van der Waals surface area contributed by atoms with E-state index < -0.39 is 5.97 Å². The largest absolute Gasteiger partial charge is 0.504 e. The van der Waals surface area contributed by atoms with Gasteiger partial charge in [0.1, 0.15) is 0 Å². The first-order valence-electron chi connectivity index (χ1n) is 4.85. The van der Waals surface area contributed by atoms with Crippen molar-refractivity contribution in [2.75, 3.05) is 6.61 Å². The Morgan fingerprint density at radius 3 is 3.07 bits per heavy atom. The second-order valence-corrected chi connectivity index (χ2v) is 3.63. The average molecular weight is 208 g/mol. The number of rotatable bonds is 2. The highest BCUT2D eigenvalue weighted by molar-refractivity contribution is 5.68. The van der Waals surface area contributed by atoms with E-state index in [1.54, 1.807) is 12.1 Å². The van der Waals surface area contributed by atoms with Crippen molar-refractivity contribution in [2.45, 2.75) is 18.8 Å². The third-order valence-corrected chi connectivity index (χ3v) is 2.60. The number of benzene rings is 1. The number of ether oxygens (including phenoxy) is 1. The van der Waals surface area contributed by atoms with Crippen molar-refractivity contribution >= 4 is 5.97 Å². The van der Waals surface area contributed by atoms with E-state index >= 15 is 0 Å². The molecule has 0 saturated carbocycles. The van der Waals surface area contributed by atoms with E-state index in [0.717, 1.165) is 5.56 Å². The molecule has 0 fully saturated rings. The van der Waals surface area contributed by atoms with E-state index in [1.807, 2.05) is 6.07 Å². The van der Waals surface area contributed by atoms with Crippen molar-refractivity contribution in [2.24, 2.45) is 0 Å². The molecule has 0 saturated heterocycles. The lowest BCUT2D eigenvalue weighted by Gasteiger charge is -2.25. The van der Waals surface area contributed by atoms with Crippen LogP contribution in [0.1, 0.15) is 24.3 Å². The first kappa shape index (κ1) is 9.83. The maximum Gasteiger partial charge on any atom is 0.303 e. The molecule has 1 aromatic rings. The standard InChI is InChI=1S/C11H12O4/c12-9-3-1-2-8-7(6-10(13)14)4-5-15-11(8)9/h1-3,7,12H,4-6H2,(H,13,14). The highest BCUT2D eigenvalue weighted by Crippen LogP contribution is 2.40. The number of para-hydroxylation sites is 1. The Balaban J connectivity index is 2.34. The van der Waals surface area contributed by atoms with Gasteiger partial charge in [0.2, 0.25) is 0 Å². The average Bonchev–Trinajstić information content (AvgIpc) is 2.19. The molecule has 0 aliphatic carbocycles. The Morgan fingerprint density at radius 2 is 2.33 bits per heavy atom. The molecule has 0 aromatic heterocycles. The minimum atomic E-state index is -0.823. The Morgan fingerprint density at radius 1 is 1.53 bits per heavy atom. The number of phenolic OH excluding ortho intramolecular Hbond substituents is 1. The number of carboxylic acids is 1. The molecule has 1 heterocycles. The highest BCUT2D eigenvalue weighted by Gasteiger charge is 2.25. The fourth-order valence-electron chi connectivity index (χ4n) is 1.90. The van der Waals surface area contributed by atoms with Crippen LogP contribution in [0.15, 0.2) is 18.2 Å². The zero-order chi connectivity index (χ0) is 10.8. The Kier molecular flexibility index (Phi) is 2.49. The molecular weight excluding hydrogens is 196 g/mol. The molecule has 2 rings (SSSR count). The van der Waals surface area contributed by atoms with E-state index in [-0.39, 0.29) is 18.1 Å². The summed E-state index contributed by atoms with van der Waals surface area (Å²) in [4.78, 5) is 10.7. The number of carbonyl (C=O) groups is 1. The summed E-state index contributed by atoms with van der Waals surface area (Å²) in [6.45, 7) is 0.461. The second-order valence-electron chi connectivity index (χ2n) is 3.63. The van der Waals surface area contributed by atoms with E-state index in [1.165, 1.54) is 0 Å². The van der Waals surface area contributed by atoms with Crippen molar-refractivity contribution in [3.05, 3.63) is 23.8 Å². The van der Waals surface area contributed by atoms with Crippen LogP contribution in [0.25, 0.3) is 0 Å². The highest BCUT2D eigenvalue weighted by atomic mass is 16.5. The van der Waals surface area contributed by atoms with Crippen molar-refractivity contribution in [3.63, 3.8) is 0 Å². The first-order valence-corrected chi connectivity index (χ1v) is 4.85. The maximum atomic E-state index is 10.7. The van der Waals surface area contributed by atoms with Gasteiger partial charge in [-0.1, -0.05) is 12.1 Å². The summed E-state index contributed by atoms with van der Waals surface area (Å²) < 4.78 is 5.32. The van der Waals surface area contributed by atoms with Crippen LogP contribution in [-0.2, 0) is 4.79 Å². The molecule has 80 valence electrons. The summed E-state index contributed by atoms with van der Waals surface area (Å²) >= 11 is 0. The molecule has 1 aliphatic rings. The van der Waals surface area contributed by atoms with Crippen LogP contribution in [0.2, 0.25) is 0 Å². The predicted molar refractivity (Wildman–Crippen MR) is 53.2 cm³/mol. The monoisotopic (exact) mass is 208 g/mol. The summed E-state index contributed by atoms with van der Waals surface area (Å²) in [7, 11) is 0. The fraction of sp³-hybridized carbons (Fsp3) is 0.364. The molecule has 4 heteroatoms. The molecule has 1 unspecified atom stereocenters. The van der Waals surface area contributed by atoms with Crippen molar-refractivity contribution < 1.29 is 19.7 Å². The van der Waals surface area contributed by atoms with Gasteiger partial charge in [-0.05, 0) is 12.5 Å². The molecule has 2 N–H and O–H groups in total. The van der Waals surface area contributed by atoms with Crippen LogP contribution in [0, 0.1) is 0 Å². The van der Waals surface area contributed by atoms with Gasteiger partial charge >= 0.3 is 5.97 Å². The van der Waals surface area contributed by atoms with Crippen molar-refractivity contribution in [1.82, 2.24) is 0 Å². The molecule has 1 atom stereocenters. The summed E-state index contributed by atoms with van der Waals surface area (Å²) in [5.41, 5.74) is 0.795. The molecular formula is C11H12O4. The quantitative estimate of drug-likeness (QED) is 0.776. The molecule has 0 radical (unpaired) electrons. The molecule has 0 bridgehead atoms. The molecule has 1 aliphatic heterocycles. The number of phenols is 1. The lowest BCUT2D eigenvalue weighted by atomic mass is 9.90. The Hall–Kier alpha value is -1.71. The molecule has 1 aromatic carbocycles. The van der Waals surface area contributed by atoms with Crippen LogP contribution >= 0.6 is 0 Å². The summed E-state index contributed by atoms with van der Waals surface area (Å²) in [5, 5.41) is 18.3. The zero-order valence-corrected chi connectivity index (χ0v) is 8.14. The molecule has 0 spiro atoms. The van der Waals surface area contributed by atoms with Gasteiger partial charge in [0.25, 0.3) is 0 Å². The predicted octanol–water partition coefficient (Wildman–Crippen LogP) is 1.73. The molecule has 15 heavy (non-hydrogen) atoms. The van der Waals surface area contributed by atoms with Crippen molar-refractivity contribution in [3.8, 4) is 11.5 Å². The van der Waals surface area contributed by atoms with Crippen LogP contribution in [-0.4, -0.2) is 22.8 Å². The lowest BCUT2D eigenvalue weighted by Crippen LogP contribution is -2.16. The first-order chi connectivity index (χ1) is 7.18.